The van der Waals surface area contributed by atoms with Crippen LogP contribution in [0.15, 0.2) is 53.6 Å². The number of thiocarbonyl (C=S) groups is 1. The van der Waals surface area contributed by atoms with E-state index in [2.05, 4.69) is 43.4 Å². The molecule has 0 spiro atoms. The van der Waals surface area contributed by atoms with Gasteiger partial charge in [-0.1, -0.05) is 45.0 Å². The van der Waals surface area contributed by atoms with Crippen LogP contribution in [0, 0.1) is 0 Å². The molecule has 0 aliphatic rings. The van der Waals surface area contributed by atoms with E-state index < -0.39 is 0 Å². The van der Waals surface area contributed by atoms with Gasteiger partial charge in [0.25, 0.3) is 0 Å². The Morgan fingerprint density at radius 1 is 1.17 bits per heavy atom. The molecule has 0 fully saturated rings. The summed E-state index contributed by atoms with van der Waals surface area (Å²) in [5.41, 5.74) is 10.0. The number of nitrogens with zero attached hydrogens (tertiary/aromatic N) is 1. The number of para-hydroxylation sites is 1. The fraction of sp³-hybridized carbons (Fsp3) is 0.222. The van der Waals surface area contributed by atoms with E-state index in [9.17, 15) is 0 Å². The van der Waals surface area contributed by atoms with Gasteiger partial charge in [-0.05, 0) is 47.5 Å². The van der Waals surface area contributed by atoms with Crippen LogP contribution in [0.5, 0.6) is 11.5 Å². The highest BCUT2D eigenvalue weighted by Gasteiger charge is 2.14. The number of hydrogen-bond acceptors (Lipinski definition) is 3. The predicted octanol–water partition coefficient (Wildman–Crippen LogP) is 3.94. The van der Waals surface area contributed by atoms with Crippen molar-refractivity contribution in [3.05, 3.63) is 59.7 Å². The van der Waals surface area contributed by atoms with Crippen molar-refractivity contribution < 1.29 is 4.74 Å². The molecule has 0 heterocycles. The van der Waals surface area contributed by atoms with Crippen molar-refractivity contribution in [3.8, 4) is 11.5 Å². The zero-order valence-corrected chi connectivity index (χ0v) is 14.4. The third-order valence-corrected chi connectivity index (χ3v) is 3.32. The zero-order chi connectivity index (χ0) is 16.9. The van der Waals surface area contributed by atoms with Crippen LogP contribution in [0.2, 0.25) is 0 Å². The van der Waals surface area contributed by atoms with Crippen molar-refractivity contribution in [2.24, 2.45) is 10.8 Å². The second-order valence-corrected chi connectivity index (χ2v) is 6.59. The summed E-state index contributed by atoms with van der Waals surface area (Å²) in [5, 5.41) is 4.10. The summed E-state index contributed by atoms with van der Waals surface area (Å²) in [5.74, 6) is 1.51. The number of nitrogens with two attached hydrogens (primary N) is 1. The lowest BCUT2D eigenvalue weighted by molar-refractivity contribution is 0.478. The van der Waals surface area contributed by atoms with Crippen LogP contribution in [0.4, 0.5) is 0 Å². The lowest BCUT2D eigenvalue weighted by atomic mass is 9.87. The van der Waals surface area contributed by atoms with E-state index in [1.165, 1.54) is 5.56 Å². The SMILES string of the molecule is CC(C)(C)c1cccc(Oc2ccccc2C=NNC(N)=S)c1. The lowest BCUT2D eigenvalue weighted by Crippen LogP contribution is -2.24. The number of nitrogens with one attached hydrogen (secondary N) is 1. The summed E-state index contributed by atoms with van der Waals surface area (Å²) < 4.78 is 6.02. The Kier molecular flexibility index (Phi) is 5.34. The number of hydrazone groups is 1. The first kappa shape index (κ1) is 17.0. The third kappa shape index (κ3) is 5.07. The van der Waals surface area contributed by atoms with Gasteiger partial charge in [-0.3, -0.25) is 5.43 Å². The van der Waals surface area contributed by atoms with Crippen LogP contribution in [0.3, 0.4) is 0 Å². The fourth-order valence-electron chi connectivity index (χ4n) is 2.00. The van der Waals surface area contributed by atoms with Gasteiger partial charge in [-0.2, -0.15) is 5.10 Å². The molecule has 0 aromatic heterocycles. The first-order chi connectivity index (χ1) is 10.9. The molecule has 120 valence electrons. The van der Waals surface area contributed by atoms with Gasteiger partial charge in [0, 0.05) is 5.56 Å². The molecule has 0 atom stereocenters. The van der Waals surface area contributed by atoms with E-state index >= 15 is 0 Å². The molecule has 0 saturated carbocycles. The molecule has 0 amide bonds. The number of benzene rings is 2. The maximum atomic E-state index is 6.02. The van der Waals surface area contributed by atoms with Crippen molar-refractivity contribution in [2.75, 3.05) is 0 Å². The van der Waals surface area contributed by atoms with Crippen molar-refractivity contribution in [2.45, 2.75) is 26.2 Å². The summed E-state index contributed by atoms with van der Waals surface area (Å²) in [6.45, 7) is 6.52. The fourth-order valence-corrected chi connectivity index (χ4v) is 2.05. The number of ether oxygens (including phenoxy) is 1. The van der Waals surface area contributed by atoms with Crippen molar-refractivity contribution in [3.63, 3.8) is 0 Å². The van der Waals surface area contributed by atoms with E-state index in [4.69, 9.17) is 22.7 Å². The minimum absolute atomic E-state index is 0.0705. The van der Waals surface area contributed by atoms with Gasteiger partial charge in [0.1, 0.15) is 11.5 Å². The van der Waals surface area contributed by atoms with Crippen LogP contribution in [-0.4, -0.2) is 11.3 Å². The van der Waals surface area contributed by atoms with E-state index in [0.717, 1.165) is 11.3 Å². The molecule has 2 aromatic carbocycles. The first-order valence-electron chi connectivity index (χ1n) is 7.32. The molecule has 3 N–H and O–H groups in total. The van der Waals surface area contributed by atoms with Gasteiger partial charge < -0.3 is 10.5 Å². The molecule has 5 heteroatoms. The van der Waals surface area contributed by atoms with Crippen LogP contribution >= 0.6 is 12.2 Å². The molecule has 4 nitrogen and oxygen atoms in total. The average Bonchev–Trinajstić information content (AvgIpc) is 2.48. The average molecular weight is 327 g/mol. The Balaban J connectivity index is 2.24. The summed E-state index contributed by atoms with van der Waals surface area (Å²) in [6.07, 6.45) is 1.63. The summed E-state index contributed by atoms with van der Waals surface area (Å²) in [4.78, 5) is 0. The maximum Gasteiger partial charge on any atom is 0.184 e. The molecule has 23 heavy (non-hydrogen) atoms. The van der Waals surface area contributed by atoms with Gasteiger partial charge in [0.2, 0.25) is 0 Å². The molecular weight excluding hydrogens is 306 g/mol. The molecule has 0 radical (unpaired) electrons. The highest BCUT2D eigenvalue weighted by molar-refractivity contribution is 7.80. The standard InChI is InChI=1S/C18H21N3OS/c1-18(2,3)14-8-6-9-15(11-14)22-16-10-5-4-7-13(16)12-20-21-17(19)23/h4-12H,1-3H3,(H3,19,21,23). The Bertz CT molecular complexity index is 720. The molecule has 0 saturated heterocycles. The minimum Gasteiger partial charge on any atom is -0.457 e. The smallest absolute Gasteiger partial charge is 0.184 e. The van der Waals surface area contributed by atoms with E-state index in [1.54, 1.807) is 6.21 Å². The summed E-state index contributed by atoms with van der Waals surface area (Å²) in [6, 6.07) is 15.7. The highest BCUT2D eigenvalue weighted by Crippen LogP contribution is 2.29. The van der Waals surface area contributed by atoms with E-state index in [0.29, 0.717) is 5.75 Å². The van der Waals surface area contributed by atoms with Crippen LogP contribution in [0.1, 0.15) is 31.9 Å². The molecule has 0 aliphatic heterocycles. The second kappa shape index (κ2) is 7.24. The Labute approximate surface area is 142 Å². The molecule has 0 unspecified atom stereocenters. The van der Waals surface area contributed by atoms with Crippen molar-refractivity contribution in [1.29, 1.82) is 0 Å². The van der Waals surface area contributed by atoms with Crippen LogP contribution in [-0.2, 0) is 5.41 Å². The number of hydrogen-bond donors (Lipinski definition) is 2. The molecular formula is C18H21N3OS. The summed E-state index contributed by atoms with van der Waals surface area (Å²) in [7, 11) is 0. The monoisotopic (exact) mass is 327 g/mol. The van der Waals surface area contributed by atoms with Crippen LogP contribution < -0.4 is 15.9 Å². The third-order valence-electron chi connectivity index (χ3n) is 3.23. The van der Waals surface area contributed by atoms with Gasteiger partial charge in [-0.25, -0.2) is 0 Å². The summed E-state index contributed by atoms with van der Waals surface area (Å²) >= 11 is 4.72. The van der Waals surface area contributed by atoms with Crippen molar-refractivity contribution >= 4 is 23.5 Å². The number of rotatable bonds is 4. The lowest BCUT2D eigenvalue weighted by Gasteiger charge is -2.20. The van der Waals surface area contributed by atoms with Gasteiger partial charge in [-0.15, -0.1) is 0 Å². The minimum atomic E-state index is 0.0705. The molecule has 0 aliphatic carbocycles. The maximum absolute atomic E-state index is 6.02. The normalized spacial score (nSPS) is 11.4. The topological polar surface area (TPSA) is 59.6 Å². The Morgan fingerprint density at radius 3 is 2.61 bits per heavy atom. The molecule has 0 bridgehead atoms. The van der Waals surface area contributed by atoms with Gasteiger partial charge >= 0.3 is 0 Å². The van der Waals surface area contributed by atoms with Crippen LogP contribution in [0.25, 0.3) is 0 Å². The predicted molar refractivity (Wildman–Crippen MR) is 99.2 cm³/mol. The van der Waals surface area contributed by atoms with E-state index in [-0.39, 0.29) is 10.5 Å². The van der Waals surface area contributed by atoms with Crippen molar-refractivity contribution in [1.82, 2.24) is 5.43 Å². The zero-order valence-electron chi connectivity index (χ0n) is 13.5. The van der Waals surface area contributed by atoms with Gasteiger partial charge in [0.15, 0.2) is 5.11 Å². The first-order valence-corrected chi connectivity index (χ1v) is 7.73. The molecule has 2 rings (SSSR count). The second-order valence-electron chi connectivity index (χ2n) is 6.15. The highest BCUT2D eigenvalue weighted by atomic mass is 32.1. The molecule has 2 aromatic rings. The van der Waals surface area contributed by atoms with Gasteiger partial charge in [0.05, 0.1) is 6.21 Å². The Hall–Kier alpha value is -2.40. The quantitative estimate of drug-likeness (QED) is 0.507. The Morgan fingerprint density at radius 2 is 1.91 bits per heavy atom. The largest absolute Gasteiger partial charge is 0.457 e. The van der Waals surface area contributed by atoms with E-state index in [1.807, 2.05) is 36.4 Å².